The van der Waals surface area contributed by atoms with Crippen LogP contribution in [0, 0.1) is 0 Å². The van der Waals surface area contributed by atoms with E-state index in [0.29, 0.717) is 12.2 Å². The fraction of sp³-hybridized carbons (Fsp3) is 0.700. The number of carbonyl (C=O) groups is 2. The molecule has 0 aromatic carbocycles. The highest BCUT2D eigenvalue weighted by atomic mass is 16.2. The van der Waals surface area contributed by atoms with Crippen molar-refractivity contribution in [1.29, 1.82) is 0 Å². The van der Waals surface area contributed by atoms with Crippen LogP contribution in [0.2, 0.25) is 0 Å². The molecule has 0 fully saturated rings. The molecule has 0 radical (unpaired) electrons. The summed E-state index contributed by atoms with van der Waals surface area (Å²) in [7, 11) is 3.46. The smallest absolute Gasteiger partial charge is 0.340 e. The maximum atomic E-state index is 12.0. The van der Waals surface area contributed by atoms with Crippen molar-refractivity contribution in [2.75, 3.05) is 14.1 Å². The van der Waals surface area contributed by atoms with E-state index >= 15 is 0 Å². The van der Waals surface area contributed by atoms with E-state index in [4.69, 9.17) is 5.84 Å². The molecule has 1 unspecified atom stereocenters. The van der Waals surface area contributed by atoms with Gasteiger partial charge in [-0.2, -0.15) is 5.01 Å². The van der Waals surface area contributed by atoms with Crippen LogP contribution >= 0.6 is 0 Å². The Bertz CT molecular complexity index is 373. The second-order valence-corrected chi connectivity index (χ2v) is 5.28. The van der Waals surface area contributed by atoms with E-state index in [9.17, 15) is 9.59 Å². The highest BCUT2D eigenvalue weighted by Crippen LogP contribution is 2.14. The molecule has 2 amide bonds. The summed E-state index contributed by atoms with van der Waals surface area (Å²) in [6.45, 7) is 5.52. The van der Waals surface area contributed by atoms with Crippen LogP contribution in [0.25, 0.3) is 0 Å². The molecule has 1 atom stereocenters. The lowest BCUT2D eigenvalue weighted by Crippen LogP contribution is -2.55. The maximum absolute atomic E-state index is 12.0. The second kappa shape index (κ2) is 4.81. The first-order valence-corrected chi connectivity index (χ1v) is 5.54. The van der Waals surface area contributed by atoms with Gasteiger partial charge in [0.15, 0.2) is 6.29 Å². The van der Waals surface area contributed by atoms with Crippen molar-refractivity contribution in [2.45, 2.75) is 32.5 Å². The Kier molecular flexibility index (Phi) is 3.80. The summed E-state index contributed by atoms with van der Waals surface area (Å²) < 4.78 is 0. The van der Waals surface area contributed by atoms with Crippen molar-refractivity contribution in [3.8, 4) is 0 Å². The summed E-state index contributed by atoms with van der Waals surface area (Å²) in [5.41, 5.74) is -0.416. The third-order valence-electron chi connectivity index (χ3n) is 2.18. The quantitative estimate of drug-likeness (QED) is 0.480. The highest BCUT2D eigenvalue weighted by Gasteiger charge is 2.38. The second-order valence-electron chi connectivity index (χ2n) is 5.28. The molecule has 18 heavy (non-hydrogen) atoms. The van der Waals surface area contributed by atoms with Gasteiger partial charge in [-0.3, -0.25) is 4.79 Å². The van der Waals surface area contributed by atoms with E-state index in [0.717, 1.165) is 10.0 Å². The number of hydrogen-bond acceptors (Lipinski definition) is 6. The largest absolute Gasteiger partial charge is 0.346 e. The lowest BCUT2D eigenvalue weighted by Gasteiger charge is -2.27. The predicted octanol–water partition coefficient (Wildman–Crippen LogP) is -0.657. The van der Waals surface area contributed by atoms with Gasteiger partial charge < -0.3 is 10.2 Å². The van der Waals surface area contributed by atoms with Gasteiger partial charge in [-0.1, -0.05) is 0 Å². The van der Waals surface area contributed by atoms with Crippen LogP contribution in [0.15, 0.2) is 5.10 Å². The van der Waals surface area contributed by atoms with Crippen LogP contribution in [-0.4, -0.2) is 59.0 Å². The maximum Gasteiger partial charge on any atom is 0.340 e. The fourth-order valence-electron chi connectivity index (χ4n) is 1.43. The van der Waals surface area contributed by atoms with E-state index in [-0.39, 0.29) is 0 Å². The Morgan fingerprint density at radius 2 is 2.06 bits per heavy atom. The first kappa shape index (κ1) is 14.2. The molecular weight excluding hydrogens is 236 g/mol. The van der Waals surface area contributed by atoms with Crippen LogP contribution < -0.4 is 11.2 Å². The number of hydrazone groups is 1. The van der Waals surface area contributed by atoms with Crippen molar-refractivity contribution < 1.29 is 9.59 Å². The van der Waals surface area contributed by atoms with Crippen molar-refractivity contribution >= 4 is 18.3 Å². The summed E-state index contributed by atoms with van der Waals surface area (Å²) in [5.74, 6) is 6.08. The summed E-state index contributed by atoms with van der Waals surface area (Å²) in [6.07, 6.45) is -0.354. The van der Waals surface area contributed by atoms with E-state index in [1.807, 2.05) is 20.8 Å². The SMILES string of the molecule is CN(C)C1=NN(C(=O)NC(C)(C)C)C(C=O)N1N. The molecule has 0 saturated carbocycles. The van der Waals surface area contributed by atoms with Crippen LogP contribution in [0.3, 0.4) is 0 Å². The topological polar surface area (TPSA) is 94.3 Å². The molecule has 1 aliphatic heterocycles. The number of nitrogens with two attached hydrogens (primary N) is 1. The van der Waals surface area contributed by atoms with Crippen LogP contribution in [0.5, 0.6) is 0 Å². The summed E-state index contributed by atoms with van der Waals surface area (Å²) in [5, 5.41) is 8.95. The Balaban J connectivity index is 2.93. The molecular formula is C10H20N6O2. The summed E-state index contributed by atoms with van der Waals surface area (Å²) in [6, 6.07) is -0.466. The molecule has 1 aliphatic rings. The molecule has 1 heterocycles. The molecule has 0 bridgehead atoms. The number of hydrogen-bond donors (Lipinski definition) is 2. The minimum atomic E-state index is -0.926. The van der Waals surface area contributed by atoms with Gasteiger partial charge in [-0.25, -0.2) is 15.6 Å². The Labute approximate surface area is 106 Å². The number of nitrogens with zero attached hydrogens (tertiary/aromatic N) is 4. The molecule has 102 valence electrons. The van der Waals surface area contributed by atoms with E-state index in [2.05, 4.69) is 10.4 Å². The number of carbonyl (C=O) groups excluding carboxylic acids is 2. The first-order valence-electron chi connectivity index (χ1n) is 5.54. The van der Waals surface area contributed by atoms with Crippen molar-refractivity contribution in [3.05, 3.63) is 0 Å². The van der Waals surface area contributed by atoms with Crippen LogP contribution in [0.1, 0.15) is 20.8 Å². The molecule has 0 aromatic rings. The standard InChI is InChI=1S/C10H20N6O2/c1-10(2,3)12-9(18)16-7(6-17)15(11)8(13-16)14(4)5/h6-7H,11H2,1-5H3,(H,12,18). The lowest BCUT2D eigenvalue weighted by atomic mass is 10.1. The highest BCUT2D eigenvalue weighted by molar-refractivity contribution is 5.89. The number of nitrogens with one attached hydrogen (secondary N) is 1. The van der Waals surface area contributed by atoms with Gasteiger partial charge in [-0.15, -0.1) is 5.10 Å². The number of hydrazine groups is 1. The van der Waals surface area contributed by atoms with Gasteiger partial charge >= 0.3 is 6.03 Å². The van der Waals surface area contributed by atoms with E-state index < -0.39 is 17.7 Å². The lowest BCUT2D eigenvalue weighted by molar-refractivity contribution is -0.114. The van der Waals surface area contributed by atoms with Gasteiger partial charge in [0.25, 0.3) is 0 Å². The van der Waals surface area contributed by atoms with E-state index in [1.165, 1.54) is 0 Å². The average Bonchev–Trinajstić information content (AvgIpc) is 2.52. The zero-order chi connectivity index (χ0) is 14.1. The third kappa shape index (κ3) is 2.89. The van der Waals surface area contributed by atoms with Gasteiger partial charge in [0, 0.05) is 19.6 Å². The van der Waals surface area contributed by atoms with Crippen molar-refractivity contribution in [2.24, 2.45) is 10.9 Å². The van der Waals surface area contributed by atoms with Gasteiger partial charge in [-0.05, 0) is 20.8 Å². The Hall–Kier alpha value is -1.83. The van der Waals surface area contributed by atoms with Gasteiger partial charge in [0.2, 0.25) is 12.1 Å². The predicted molar refractivity (Wildman–Crippen MR) is 67.1 cm³/mol. The number of aldehydes is 1. The molecule has 0 spiro atoms. The zero-order valence-corrected chi connectivity index (χ0v) is 11.3. The Morgan fingerprint density at radius 1 is 1.50 bits per heavy atom. The monoisotopic (exact) mass is 256 g/mol. The first-order chi connectivity index (χ1) is 8.17. The zero-order valence-electron chi connectivity index (χ0n) is 11.3. The average molecular weight is 256 g/mol. The molecule has 8 nitrogen and oxygen atoms in total. The molecule has 3 N–H and O–H groups in total. The number of guanidine groups is 1. The minimum Gasteiger partial charge on any atom is -0.346 e. The molecule has 0 aromatic heterocycles. The molecule has 0 saturated heterocycles. The number of rotatable bonds is 1. The number of amides is 2. The number of urea groups is 1. The van der Waals surface area contributed by atoms with Crippen molar-refractivity contribution in [3.63, 3.8) is 0 Å². The van der Waals surface area contributed by atoms with Crippen molar-refractivity contribution in [1.82, 2.24) is 20.2 Å². The minimum absolute atomic E-state index is 0.344. The fourth-order valence-corrected chi connectivity index (χ4v) is 1.43. The normalized spacial score (nSPS) is 19.7. The summed E-state index contributed by atoms with van der Waals surface area (Å²) in [4.78, 5) is 24.6. The van der Waals surface area contributed by atoms with E-state index in [1.54, 1.807) is 19.0 Å². The molecule has 1 rings (SSSR count). The van der Waals surface area contributed by atoms with Crippen LogP contribution in [0.4, 0.5) is 4.79 Å². The Morgan fingerprint density at radius 3 is 2.44 bits per heavy atom. The third-order valence-corrected chi connectivity index (χ3v) is 2.18. The van der Waals surface area contributed by atoms with Crippen LogP contribution in [-0.2, 0) is 4.79 Å². The van der Waals surface area contributed by atoms with Gasteiger partial charge in [0.1, 0.15) is 0 Å². The summed E-state index contributed by atoms with van der Waals surface area (Å²) >= 11 is 0. The molecule has 8 heteroatoms. The van der Waals surface area contributed by atoms with Gasteiger partial charge in [0.05, 0.1) is 0 Å². The molecule has 0 aliphatic carbocycles.